The van der Waals surface area contributed by atoms with E-state index in [4.69, 9.17) is 4.74 Å². The summed E-state index contributed by atoms with van der Waals surface area (Å²) in [5.74, 6) is -0.844. The molecule has 3 aromatic rings. The molecule has 1 amide bonds. The molecule has 9 heteroatoms. The van der Waals surface area contributed by atoms with Crippen molar-refractivity contribution in [2.24, 2.45) is 0 Å². The summed E-state index contributed by atoms with van der Waals surface area (Å²) in [4.78, 5) is 25.8. The standard InChI is InChI=1S/C16H15N5O3S/c1-20(8-12-5-6-25-10-12)15(22)9-24-16(23)13-3-2-4-14(7-13)21-11-17-18-19-21/h2-7,10-11H,8-9H2,1H3. The molecule has 128 valence electrons. The number of aromatic nitrogens is 4. The average Bonchev–Trinajstić information content (AvgIpc) is 3.33. The van der Waals surface area contributed by atoms with E-state index in [0.717, 1.165) is 5.56 Å². The van der Waals surface area contributed by atoms with Crippen LogP contribution in [0.5, 0.6) is 0 Å². The number of amides is 1. The van der Waals surface area contributed by atoms with Gasteiger partial charge in [-0.05, 0) is 51.0 Å². The monoisotopic (exact) mass is 357 g/mol. The molecule has 0 aliphatic rings. The number of tetrazole rings is 1. The molecular weight excluding hydrogens is 342 g/mol. The van der Waals surface area contributed by atoms with E-state index in [2.05, 4.69) is 15.5 Å². The number of carbonyl (C=O) groups is 2. The maximum Gasteiger partial charge on any atom is 0.338 e. The van der Waals surface area contributed by atoms with E-state index in [1.54, 1.807) is 42.6 Å². The van der Waals surface area contributed by atoms with Gasteiger partial charge in [-0.1, -0.05) is 6.07 Å². The number of esters is 1. The molecule has 1 aromatic carbocycles. The molecule has 2 heterocycles. The molecule has 0 aliphatic carbocycles. The molecular formula is C16H15N5O3S. The lowest BCUT2D eigenvalue weighted by molar-refractivity contribution is -0.133. The maximum absolute atomic E-state index is 12.2. The summed E-state index contributed by atoms with van der Waals surface area (Å²) < 4.78 is 6.54. The highest BCUT2D eigenvalue weighted by Gasteiger charge is 2.14. The first kappa shape index (κ1) is 16.8. The van der Waals surface area contributed by atoms with Crippen LogP contribution in [0.4, 0.5) is 0 Å². The zero-order valence-corrected chi connectivity index (χ0v) is 14.2. The molecule has 8 nitrogen and oxygen atoms in total. The molecule has 0 saturated carbocycles. The Morgan fingerprint density at radius 3 is 2.92 bits per heavy atom. The number of carbonyl (C=O) groups excluding carboxylic acids is 2. The zero-order chi connectivity index (χ0) is 17.6. The highest BCUT2D eigenvalue weighted by Crippen LogP contribution is 2.11. The van der Waals surface area contributed by atoms with Gasteiger partial charge in [-0.15, -0.1) is 5.10 Å². The largest absolute Gasteiger partial charge is 0.452 e. The van der Waals surface area contributed by atoms with Gasteiger partial charge in [0.05, 0.1) is 11.3 Å². The first-order valence-electron chi connectivity index (χ1n) is 7.39. The molecule has 0 unspecified atom stereocenters. The second-order valence-electron chi connectivity index (χ2n) is 5.26. The van der Waals surface area contributed by atoms with Crippen molar-refractivity contribution in [3.8, 4) is 5.69 Å². The van der Waals surface area contributed by atoms with E-state index >= 15 is 0 Å². The number of nitrogens with zero attached hydrogens (tertiary/aromatic N) is 5. The summed E-state index contributed by atoms with van der Waals surface area (Å²) in [6, 6.07) is 8.60. The molecule has 0 aliphatic heterocycles. The van der Waals surface area contributed by atoms with Gasteiger partial charge in [0.15, 0.2) is 6.61 Å². The van der Waals surface area contributed by atoms with Crippen LogP contribution in [0.1, 0.15) is 15.9 Å². The van der Waals surface area contributed by atoms with Gasteiger partial charge < -0.3 is 9.64 Å². The van der Waals surface area contributed by atoms with Gasteiger partial charge in [0.1, 0.15) is 6.33 Å². The van der Waals surface area contributed by atoms with E-state index in [0.29, 0.717) is 17.8 Å². The number of likely N-dealkylation sites (N-methyl/N-ethyl adjacent to an activating group) is 1. The fourth-order valence-electron chi connectivity index (χ4n) is 2.12. The zero-order valence-electron chi connectivity index (χ0n) is 13.4. The second kappa shape index (κ2) is 7.67. The maximum atomic E-state index is 12.2. The van der Waals surface area contributed by atoms with Gasteiger partial charge in [0, 0.05) is 13.6 Å². The van der Waals surface area contributed by atoms with Crippen LogP contribution in [-0.2, 0) is 16.1 Å². The van der Waals surface area contributed by atoms with E-state index in [1.807, 2.05) is 16.8 Å². The summed E-state index contributed by atoms with van der Waals surface area (Å²) in [6.07, 6.45) is 1.42. The lowest BCUT2D eigenvalue weighted by atomic mass is 10.2. The Morgan fingerprint density at radius 1 is 1.32 bits per heavy atom. The van der Waals surface area contributed by atoms with Crippen LogP contribution in [0, 0.1) is 0 Å². The Balaban J connectivity index is 1.57. The number of ether oxygens (including phenoxy) is 1. The van der Waals surface area contributed by atoms with Crippen LogP contribution < -0.4 is 0 Å². The highest BCUT2D eigenvalue weighted by atomic mass is 32.1. The van der Waals surface area contributed by atoms with Crippen LogP contribution in [0.3, 0.4) is 0 Å². The van der Waals surface area contributed by atoms with Crippen molar-refractivity contribution in [1.82, 2.24) is 25.1 Å². The quantitative estimate of drug-likeness (QED) is 0.622. The Kier molecular flexibility index (Phi) is 5.14. The molecule has 25 heavy (non-hydrogen) atoms. The summed E-state index contributed by atoms with van der Waals surface area (Å²) in [7, 11) is 1.67. The van der Waals surface area contributed by atoms with Gasteiger partial charge in [0.25, 0.3) is 5.91 Å². The van der Waals surface area contributed by atoms with Crippen molar-refractivity contribution >= 4 is 23.2 Å². The van der Waals surface area contributed by atoms with E-state index < -0.39 is 5.97 Å². The van der Waals surface area contributed by atoms with Crippen molar-refractivity contribution in [1.29, 1.82) is 0 Å². The Labute approximate surface area is 147 Å². The molecule has 2 aromatic heterocycles. The number of hydrogen-bond acceptors (Lipinski definition) is 7. The third-order valence-corrected chi connectivity index (χ3v) is 4.18. The highest BCUT2D eigenvalue weighted by molar-refractivity contribution is 7.07. The van der Waals surface area contributed by atoms with E-state index in [-0.39, 0.29) is 12.5 Å². The third kappa shape index (κ3) is 4.27. The van der Waals surface area contributed by atoms with Crippen molar-refractivity contribution in [2.45, 2.75) is 6.54 Å². The minimum absolute atomic E-state index is 0.267. The van der Waals surface area contributed by atoms with Crippen molar-refractivity contribution < 1.29 is 14.3 Å². The normalized spacial score (nSPS) is 10.4. The average molecular weight is 357 g/mol. The second-order valence-corrected chi connectivity index (χ2v) is 6.04. The number of thiophene rings is 1. The van der Waals surface area contributed by atoms with Crippen LogP contribution in [0.25, 0.3) is 5.69 Å². The predicted octanol–water partition coefficient (Wildman–Crippen LogP) is 1.54. The SMILES string of the molecule is CN(Cc1ccsc1)C(=O)COC(=O)c1cccc(-n2cnnn2)c1. The first-order chi connectivity index (χ1) is 12.1. The number of benzene rings is 1. The molecule has 0 saturated heterocycles. The molecule has 0 N–H and O–H groups in total. The molecule has 0 spiro atoms. The molecule has 0 atom stereocenters. The van der Waals surface area contributed by atoms with Crippen LogP contribution in [0.2, 0.25) is 0 Å². The van der Waals surface area contributed by atoms with Gasteiger partial charge in [-0.25, -0.2) is 9.48 Å². The Morgan fingerprint density at radius 2 is 2.20 bits per heavy atom. The third-order valence-electron chi connectivity index (χ3n) is 3.45. The van der Waals surface area contributed by atoms with Gasteiger partial charge in [-0.2, -0.15) is 11.3 Å². The van der Waals surface area contributed by atoms with E-state index in [1.165, 1.54) is 15.9 Å². The summed E-state index contributed by atoms with van der Waals surface area (Å²) in [5.41, 5.74) is 1.99. The lowest BCUT2D eigenvalue weighted by Gasteiger charge is -2.16. The molecule has 3 rings (SSSR count). The number of hydrogen-bond donors (Lipinski definition) is 0. The fraction of sp³-hybridized carbons (Fsp3) is 0.188. The first-order valence-corrected chi connectivity index (χ1v) is 8.33. The van der Waals surface area contributed by atoms with Crippen molar-refractivity contribution in [3.05, 3.63) is 58.5 Å². The molecule has 0 bridgehead atoms. The topological polar surface area (TPSA) is 90.2 Å². The van der Waals surface area contributed by atoms with Gasteiger partial charge in [-0.3, -0.25) is 4.79 Å². The molecule has 0 radical (unpaired) electrons. The van der Waals surface area contributed by atoms with Crippen LogP contribution in [-0.4, -0.2) is 50.6 Å². The minimum atomic E-state index is -0.577. The summed E-state index contributed by atoms with van der Waals surface area (Å²) >= 11 is 1.57. The van der Waals surface area contributed by atoms with E-state index in [9.17, 15) is 9.59 Å². The minimum Gasteiger partial charge on any atom is -0.452 e. The Hall–Kier alpha value is -3.07. The van der Waals surface area contributed by atoms with Crippen molar-refractivity contribution in [2.75, 3.05) is 13.7 Å². The lowest BCUT2D eigenvalue weighted by Crippen LogP contribution is -2.30. The fourth-order valence-corrected chi connectivity index (χ4v) is 2.78. The predicted molar refractivity (Wildman–Crippen MR) is 90.2 cm³/mol. The smallest absolute Gasteiger partial charge is 0.338 e. The summed E-state index contributed by atoms with van der Waals surface area (Å²) in [6.45, 7) is 0.170. The van der Waals surface area contributed by atoms with Crippen LogP contribution >= 0.6 is 11.3 Å². The molecule has 0 fully saturated rings. The van der Waals surface area contributed by atoms with Crippen molar-refractivity contribution in [3.63, 3.8) is 0 Å². The Bertz CT molecular complexity index is 849. The van der Waals surface area contributed by atoms with Gasteiger partial charge in [0.2, 0.25) is 0 Å². The van der Waals surface area contributed by atoms with Crippen LogP contribution in [0.15, 0.2) is 47.4 Å². The number of rotatable bonds is 6. The summed E-state index contributed by atoms with van der Waals surface area (Å²) in [5, 5.41) is 14.8. The van der Waals surface area contributed by atoms with Gasteiger partial charge >= 0.3 is 5.97 Å².